The highest BCUT2D eigenvalue weighted by molar-refractivity contribution is 5.64. The molecule has 0 aromatic carbocycles. The largest absolute Gasteiger partial charge is 0.367 e. The summed E-state index contributed by atoms with van der Waals surface area (Å²) in [5.74, 6) is 0.914. The fourth-order valence-corrected chi connectivity index (χ4v) is 5.05. The van der Waals surface area contributed by atoms with Gasteiger partial charge in [0.1, 0.15) is 11.5 Å². The van der Waals surface area contributed by atoms with Crippen molar-refractivity contribution in [2.24, 2.45) is 5.41 Å². The molecule has 8 heteroatoms. The van der Waals surface area contributed by atoms with Crippen LogP contribution in [-0.2, 0) is 0 Å². The maximum Gasteiger partial charge on any atom is 0.154 e. The van der Waals surface area contributed by atoms with Crippen molar-refractivity contribution in [1.82, 2.24) is 34.7 Å². The molecule has 2 N–H and O–H groups in total. The van der Waals surface area contributed by atoms with E-state index in [0.717, 1.165) is 47.2 Å². The van der Waals surface area contributed by atoms with Crippen LogP contribution in [0.25, 0.3) is 28.3 Å². The van der Waals surface area contributed by atoms with Gasteiger partial charge in [-0.1, -0.05) is 6.07 Å². The summed E-state index contributed by atoms with van der Waals surface area (Å²) < 4.78 is 3.82. The van der Waals surface area contributed by atoms with Gasteiger partial charge in [0.25, 0.3) is 0 Å². The van der Waals surface area contributed by atoms with E-state index < -0.39 is 0 Å². The first kappa shape index (κ1) is 19.4. The number of rotatable bonds is 5. The summed E-state index contributed by atoms with van der Waals surface area (Å²) >= 11 is 0. The zero-order valence-electron chi connectivity index (χ0n) is 18.5. The quantitative estimate of drug-likeness (QED) is 0.503. The van der Waals surface area contributed by atoms with E-state index in [2.05, 4.69) is 34.6 Å². The summed E-state index contributed by atoms with van der Waals surface area (Å²) in [6.45, 7) is 6.54. The summed E-state index contributed by atoms with van der Waals surface area (Å²) in [6.07, 6.45) is 9.47. The number of aromatic nitrogens is 6. The first-order valence-corrected chi connectivity index (χ1v) is 11.4. The topological polar surface area (TPSA) is 85.0 Å². The molecule has 164 valence electrons. The monoisotopic (exact) mass is 428 g/mol. The summed E-state index contributed by atoms with van der Waals surface area (Å²) in [7, 11) is 0. The van der Waals surface area contributed by atoms with Crippen molar-refractivity contribution in [3.63, 3.8) is 0 Å². The van der Waals surface area contributed by atoms with Crippen molar-refractivity contribution in [1.29, 1.82) is 0 Å². The Labute approximate surface area is 187 Å². The molecule has 0 amide bonds. The molecule has 2 aliphatic rings. The number of fused-ring (bicyclic) bond motifs is 1. The number of pyridine rings is 1. The van der Waals surface area contributed by atoms with Crippen LogP contribution in [-0.4, -0.2) is 48.5 Å². The van der Waals surface area contributed by atoms with Crippen molar-refractivity contribution in [3.05, 3.63) is 48.9 Å². The highest BCUT2D eigenvalue weighted by atomic mass is 15.3. The summed E-state index contributed by atoms with van der Waals surface area (Å²) in [4.78, 5) is 9.43. The van der Waals surface area contributed by atoms with Crippen LogP contribution in [0.5, 0.6) is 0 Å². The Morgan fingerprint density at radius 3 is 2.81 bits per heavy atom. The van der Waals surface area contributed by atoms with Crippen LogP contribution >= 0.6 is 0 Å². The van der Waals surface area contributed by atoms with Crippen LogP contribution in [0.3, 0.4) is 0 Å². The summed E-state index contributed by atoms with van der Waals surface area (Å²) in [6, 6.07) is 10.9. The molecule has 5 heterocycles. The average Bonchev–Trinajstić information content (AvgIpc) is 3.52. The Kier molecular flexibility index (Phi) is 4.50. The number of imidazole rings is 1. The van der Waals surface area contributed by atoms with Gasteiger partial charge in [-0.25, -0.2) is 14.5 Å². The SMILES string of the molecule is CC(C)n1cc(-c2ccc3ncc(-c4cccc(NC5CC6(CCNC6)C5)n4)n3n2)cn1. The minimum Gasteiger partial charge on any atom is -0.367 e. The van der Waals surface area contributed by atoms with E-state index in [9.17, 15) is 0 Å². The van der Waals surface area contributed by atoms with E-state index in [-0.39, 0.29) is 0 Å². The fourth-order valence-electron chi connectivity index (χ4n) is 5.05. The maximum atomic E-state index is 4.89. The minimum atomic E-state index is 0.311. The molecule has 0 bridgehead atoms. The van der Waals surface area contributed by atoms with Crippen LogP contribution < -0.4 is 10.6 Å². The first-order chi connectivity index (χ1) is 15.6. The van der Waals surface area contributed by atoms with Gasteiger partial charge in [0.2, 0.25) is 0 Å². The highest BCUT2D eigenvalue weighted by Crippen LogP contribution is 2.46. The van der Waals surface area contributed by atoms with Crippen LogP contribution in [0.4, 0.5) is 5.82 Å². The normalized spacial score (nSPS) is 22.7. The lowest BCUT2D eigenvalue weighted by Crippen LogP contribution is -2.46. The molecule has 2 fully saturated rings. The van der Waals surface area contributed by atoms with E-state index in [1.54, 1.807) is 0 Å². The van der Waals surface area contributed by atoms with E-state index in [4.69, 9.17) is 10.1 Å². The smallest absolute Gasteiger partial charge is 0.154 e. The van der Waals surface area contributed by atoms with Crippen LogP contribution in [0.2, 0.25) is 0 Å². The molecule has 1 aliphatic heterocycles. The van der Waals surface area contributed by atoms with Crippen LogP contribution in [0, 0.1) is 5.41 Å². The third-order valence-electron chi connectivity index (χ3n) is 6.84. The lowest BCUT2D eigenvalue weighted by atomic mass is 9.65. The van der Waals surface area contributed by atoms with Gasteiger partial charge in [0.15, 0.2) is 5.65 Å². The van der Waals surface area contributed by atoms with Gasteiger partial charge in [-0.2, -0.15) is 10.2 Å². The minimum absolute atomic E-state index is 0.311. The van der Waals surface area contributed by atoms with E-state index in [0.29, 0.717) is 17.5 Å². The van der Waals surface area contributed by atoms with Crippen molar-refractivity contribution in [2.75, 3.05) is 18.4 Å². The van der Waals surface area contributed by atoms with Crippen molar-refractivity contribution in [3.8, 4) is 22.6 Å². The molecule has 1 spiro atoms. The number of anilines is 1. The molecule has 0 atom stereocenters. The molecular formula is C24H28N8. The van der Waals surface area contributed by atoms with Gasteiger partial charge in [-0.15, -0.1) is 0 Å². The second kappa shape index (κ2) is 7.41. The Hall–Kier alpha value is -3.26. The molecule has 1 saturated heterocycles. The van der Waals surface area contributed by atoms with Crippen LogP contribution in [0.15, 0.2) is 48.9 Å². The van der Waals surface area contributed by atoms with E-state index in [1.165, 1.54) is 19.3 Å². The standard InChI is InChI=1S/C24H28N8/c1-16(2)31-14-17(12-27-31)19-6-7-23-26-13-21(32(23)30-19)20-4-3-5-22(29-20)28-18-10-24(11-18)8-9-25-15-24/h3-7,12-14,16,18,25H,8-11,15H2,1-2H3,(H,28,29). The predicted octanol–water partition coefficient (Wildman–Crippen LogP) is 3.79. The molecule has 6 rings (SSSR count). The highest BCUT2D eigenvalue weighted by Gasteiger charge is 2.45. The lowest BCUT2D eigenvalue weighted by molar-refractivity contribution is 0.141. The first-order valence-electron chi connectivity index (χ1n) is 11.4. The molecule has 32 heavy (non-hydrogen) atoms. The summed E-state index contributed by atoms with van der Waals surface area (Å²) in [5.41, 5.74) is 4.91. The van der Waals surface area contributed by atoms with Gasteiger partial charge >= 0.3 is 0 Å². The van der Waals surface area contributed by atoms with Gasteiger partial charge in [-0.05, 0) is 69.3 Å². The van der Waals surface area contributed by atoms with Crippen molar-refractivity contribution in [2.45, 2.75) is 45.2 Å². The van der Waals surface area contributed by atoms with Gasteiger partial charge in [-0.3, -0.25) is 4.68 Å². The second-order valence-electron chi connectivity index (χ2n) is 9.52. The Bertz CT molecular complexity index is 1260. The maximum absolute atomic E-state index is 4.89. The zero-order chi connectivity index (χ0) is 21.7. The number of hydrogen-bond acceptors (Lipinski definition) is 6. The molecule has 1 saturated carbocycles. The van der Waals surface area contributed by atoms with Crippen LogP contribution in [0.1, 0.15) is 39.2 Å². The van der Waals surface area contributed by atoms with Crippen molar-refractivity contribution < 1.29 is 0 Å². The zero-order valence-corrected chi connectivity index (χ0v) is 18.5. The molecule has 1 aliphatic carbocycles. The molecule has 8 nitrogen and oxygen atoms in total. The third-order valence-corrected chi connectivity index (χ3v) is 6.84. The summed E-state index contributed by atoms with van der Waals surface area (Å²) in [5, 5.41) is 16.4. The Balaban J connectivity index is 1.27. The molecule has 4 aromatic heterocycles. The Morgan fingerprint density at radius 2 is 2.03 bits per heavy atom. The number of nitrogens with zero attached hydrogens (tertiary/aromatic N) is 6. The third kappa shape index (κ3) is 3.35. The fraction of sp³-hybridized carbons (Fsp3) is 0.417. The Morgan fingerprint density at radius 1 is 1.12 bits per heavy atom. The molecule has 4 aromatic rings. The van der Waals surface area contributed by atoms with Gasteiger partial charge < -0.3 is 10.6 Å². The average molecular weight is 429 g/mol. The molecular weight excluding hydrogens is 400 g/mol. The lowest BCUT2D eigenvalue weighted by Gasteiger charge is -2.45. The second-order valence-corrected chi connectivity index (χ2v) is 9.52. The van der Waals surface area contributed by atoms with Crippen molar-refractivity contribution >= 4 is 11.5 Å². The number of nitrogens with one attached hydrogen (secondary N) is 2. The van der Waals surface area contributed by atoms with Gasteiger partial charge in [0, 0.05) is 30.4 Å². The predicted molar refractivity (Wildman–Crippen MR) is 124 cm³/mol. The molecule has 0 unspecified atom stereocenters. The number of hydrogen-bond donors (Lipinski definition) is 2. The van der Waals surface area contributed by atoms with E-state index >= 15 is 0 Å². The van der Waals surface area contributed by atoms with Gasteiger partial charge in [0.05, 0.1) is 23.8 Å². The molecule has 0 radical (unpaired) electrons. The van der Waals surface area contributed by atoms with E-state index in [1.807, 2.05) is 58.1 Å².